The summed E-state index contributed by atoms with van der Waals surface area (Å²) < 4.78 is 0. The van der Waals surface area contributed by atoms with Gasteiger partial charge in [0.1, 0.15) is 11.3 Å². The third kappa shape index (κ3) is 2.72. The predicted octanol–water partition coefficient (Wildman–Crippen LogP) is 1.96. The molecule has 0 aromatic heterocycles. The standard InChI is InChI=1S/C19H25N3O2/c20-18(23)17-16(14-4-2-1-3-5-14)19(24-22-17,15-6-7-15)12-13-8-10-21-11-9-13/h1-5,13,15,21-22H,6-12H2,(H2,20,23). The average Bonchev–Trinajstić information content (AvgIpc) is 3.39. The number of benzene rings is 1. The lowest BCUT2D eigenvalue weighted by Crippen LogP contribution is -2.40. The number of carbonyl (C=O) groups is 1. The van der Waals surface area contributed by atoms with Gasteiger partial charge in [0.15, 0.2) is 0 Å². The van der Waals surface area contributed by atoms with Gasteiger partial charge in [-0.3, -0.25) is 15.1 Å². The first-order valence-electron chi connectivity index (χ1n) is 8.95. The summed E-state index contributed by atoms with van der Waals surface area (Å²) in [5.41, 5.74) is 10.6. The number of nitrogens with two attached hydrogens (primary N) is 1. The van der Waals surface area contributed by atoms with Gasteiger partial charge >= 0.3 is 0 Å². The molecular formula is C19H25N3O2. The second-order valence-corrected chi connectivity index (χ2v) is 7.25. The van der Waals surface area contributed by atoms with Crippen LogP contribution in [0, 0.1) is 11.8 Å². The summed E-state index contributed by atoms with van der Waals surface area (Å²) in [5.74, 6) is 0.633. The summed E-state index contributed by atoms with van der Waals surface area (Å²) in [6.07, 6.45) is 5.56. The Kier molecular flexibility index (Phi) is 4.06. The second kappa shape index (κ2) is 6.22. The minimum Gasteiger partial charge on any atom is -0.364 e. The molecule has 1 aromatic rings. The van der Waals surface area contributed by atoms with Gasteiger partial charge in [0.05, 0.1) is 0 Å². The summed E-state index contributed by atoms with van der Waals surface area (Å²) in [7, 11) is 0. The molecule has 2 fully saturated rings. The molecule has 1 aliphatic carbocycles. The van der Waals surface area contributed by atoms with E-state index >= 15 is 0 Å². The van der Waals surface area contributed by atoms with E-state index in [0.29, 0.717) is 17.5 Å². The third-order valence-electron chi connectivity index (χ3n) is 5.60. The quantitative estimate of drug-likeness (QED) is 0.773. The molecule has 2 aliphatic heterocycles. The van der Waals surface area contributed by atoms with Crippen molar-refractivity contribution in [1.82, 2.24) is 10.8 Å². The lowest BCUT2D eigenvalue weighted by atomic mass is 9.75. The highest BCUT2D eigenvalue weighted by atomic mass is 16.7. The Morgan fingerprint density at radius 3 is 2.50 bits per heavy atom. The predicted molar refractivity (Wildman–Crippen MR) is 92.4 cm³/mol. The number of piperidine rings is 1. The average molecular weight is 327 g/mol. The molecule has 5 nitrogen and oxygen atoms in total. The molecule has 5 heteroatoms. The maximum absolute atomic E-state index is 12.0. The van der Waals surface area contributed by atoms with Crippen molar-refractivity contribution in [2.24, 2.45) is 17.6 Å². The largest absolute Gasteiger partial charge is 0.364 e. The molecule has 24 heavy (non-hydrogen) atoms. The molecule has 1 saturated heterocycles. The van der Waals surface area contributed by atoms with Crippen molar-refractivity contribution < 1.29 is 9.63 Å². The first-order valence-corrected chi connectivity index (χ1v) is 8.95. The summed E-state index contributed by atoms with van der Waals surface area (Å²) >= 11 is 0. The van der Waals surface area contributed by atoms with E-state index in [1.54, 1.807) is 0 Å². The number of hydrogen-bond donors (Lipinski definition) is 3. The number of hydroxylamine groups is 1. The fourth-order valence-electron chi connectivity index (χ4n) is 4.28. The molecule has 2 heterocycles. The molecule has 1 amide bonds. The number of amides is 1. The summed E-state index contributed by atoms with van der Waals surface area (Å²) in [4.78, 5) is 18.2. The van der Waals surface area contributed by atoms with Gasteiger partial charge in [0.25, 0.3) is 5.91 Å². The Morgan fingerprint density at radius 1 is 1.17 bits per heavy atom. The Balaban J connectivity index is 1.75. The van der Waals surface area contributed by atoms with E-state index in [1.807, 2.05) is 30.3 Å². The van der Waals surface area contributed by atoms with E-state index in [-0.39, 0.29) is 0 Å². The Hall–Kier alpha value is -1.85. The molecule has 0 bridgehead atoms. The first-order chi connectivity index (χ1) is 11.7. The van der Waals surface area contributed by atoms with Crippen LogP contribution in [0.4, 0.5) is 0 Å². The zero-order valence-corrected chi connectivity index (χ0v) is 13.9. The minimum absolute atomic E-state index is 0.423. The van der Waals surface area contributed by atoms with E-state index < -0.39 is 11.5 Å². The van der Waals surface area contributed by atoms with Crippen LogP contribution in [0.5, 0.6) is 0 Å². The van der Waals surface area contributed by atoms with Crippen LogP contribution in [0.1, 0.15) is 37.7 Å². The second-order valence-electron chi connectivity index (χ2n) is 7.25. The highest BCUT2D eigenvalue weighted by Gasteiger charge is 2.55. The van der Waals surface area contributed by atoms with Gasteiger partial charge in [-0.1, -0.05) is 30.3 Å². The Morgan fingerprint density at radius 2 is 1.88 bits per heavy atom. The monoisotopic (exact) mass is 327 g/mol. The number of primary amides is 1. The van der Waals surface area contributed by atoms with E-state index in [4.69, 9.17) is 10.6 Å². The van der Waals surface area contributed by atoms with Gasteiger partial charge in [-0.05, 0) is 62.6 Å². The van der Waals surface area contributed by atoms with Crippen molar-refractivity contribution in [3.63, 3.8) is 0 Å². The van der Waals surface area contributed by atoms with Gasteiger partial charge in [0, 0.05) is 5.57 Å². The zero-order valence-electron chi connectivity index (χ0n) is 13.9. The number of rotatable bonds is 5. The van der Waals surface area contributed by atoms with Gasteiger partial charge in [-0.25, -0.2) is 0 Å². The Bertz CT molecular complexity index is 648. The highest BCUT2D eigenvalue weighted by Crippen LogP contribution is 2.55. The molecule has 128 valence electrons. The molecule has 1 atom stereocenters. The fourth-order valence-corrected chi connectivity index (χ4v) is 4.28. The molecule has 1 saturated carbocycles. The van der Waals surface area contributed by atoms with Crippen LogP contribution >= 0.6 is 0 Å². The molecule has 4 rings (SSSR count). The number of carbonyl (C=O) groups excluding carboxylic acids is 1. The Labute approximate surface area is 142 Å². The summed E-state index contributed by atoms with van der Waals surface area (Å²) in [5, 5.41) is 3.42. The van der Waals surface area contributed by atoms with Crippen LogP contribution in [0.25, 0.3) is 5.57 Å². The highest BCUT2D eigenvalue weighted by molar-refractivity contribution is 6.02. The van der Waals surface area contributed by atoms with Crippen molar-refractivity contribution in [1.29, 1.82) is 0 Å². The van der Waals surface area contributed by atoms with Gasteiger partial charge in [-0.2, -0.15) is 0 Å². The van der Waals surface area contributed by atoms with Gasteiger partial charge < -0.3 is 11.1 Å². The smallest absolute Gasteiger partial charge is 0.267 e. The van der Waals surface area contributed by atoms with Crippen molar-refractivity contribution >= 4 is 11.5 Å². The fraction of sp³-hybridized carbons (Fsp3) is 0.526. The lowest BCUT2D eigenvalue weighted by molar-refractivity contribution is -0.117. The van der Waals surface area contributed by atoms with E-state index in [9.17, 15) is 4.79 Å². The maximum Gasteiger partial charge on any atom is 0.267 e. The SMILES string of the molecule is NC(=O)C1=C(c2ccccc2)C(CC2CCNCC2)(C2CC2)ON1. The van der Waals surface area contributed by atoms with Crippen LogP contribution in [0.3, 0.4) is 0 Å². The third-order valence-corrected chi connectivity index (χ3v) is 5.60. The maximum atomic E-state index is 12.0. The molecule has 3 aliphatic rings. The summed E-state index contributed by atoms with van der Waals surface area (Å²) in [6.45, 7) is 2.12. The molecule has 1 unspecified atom stereocenters. The number of nitrogens with one attached hydrogen (secondary N) is 2. The minimum atomic E-state index is -0.443. The molecule has 0 spiro atoms. The van der Waals surface area contributed by atoms with Crippen molar-refractivity contribution in [3.8, 4) is 0 Å². The van der Waals surface area contributed by atoms with E-state index in [1.165, 1.54) is 0 Å². The van der Waals surface area contributed by atoms with Crippen LogP contribution in [-0.2, 0) is 9.63 Å². The lowest BCUT2D eigenvalue weighted by Gasteiger charge is -2.35. The normalized spacial score (nSPS) is 28.0. The van der Waals surface area contributed by atoms with Crippen molar-refractivity contribution in [2.75, 3.05) is 13.1 Å². The summed E-state index contributed by atoms with van der Waals surface area (Å²) in [6, 6.07) is 10.1. The van der Waals surface area contributed by atoms with Gasteiger partial charge in [0.2, 0.25) is 0 Å². The van der Waals surface area contributed by atoms with Crippen LogP contribution < -0.4 is 16.5 Å². The molecule has 0 radical (unpaired) electrons. The first kappa shape index (κ1) is 15.7. The van der Waals surface area contributed by atoms with Crippen LogP contribution in [-0.4, -0.2) is 24.6 Å². The van der Waals surface area contributed by atoms with Crippen molar-refractivity contribution in [2.45, 2.75) is 37.7 Å². The van der Waals surface area contributed by atoms with Gasteiger partial charge in [-0.15, -0.1) is 0 Å². The van der Waals surface area contributed by atoms with Crippen LogP contribution in [0.15, 0.2) is 36.0 Å². The molecule has 1 aromatic carbocycles. The van der Waals surface area contributed by atoms with Crippen LogP contribution in [0.2, 0.25) is 0 Å². The molecular weight excluding hydrogens is 302 g/mol. The van der Waals surface area contributed by atoms with E-state index in [2.05, 4.69) is 10.8 Å². The van der Waals surface area contributed by atoms with Crippen molar-refractivity contribution in [3.05, 3.63) is 41.6 Å². The number of hydrogen-bond acceptors (Lipinski definition) is 4. The topological polar surface area (TPSA) is 76.4 Å². The molecule has 4 N–H and O–H groups in total. The van der Waals surface area contributed by atoms with E-state index in [0.717, 1.165) is 56.3 Å². The zero-order chi connectivity index (χ0) is 16.6.